The Kier molecular flexibility index (Phi) is 6.60. The molecule has 0 fully saturated rings. The highest BCUT2D eigenvalue weighted by atomic mass is 16.6. The van der Waals surface area contributed by atoms with E-state index in [4.69, 9.17) is 4.74 Å². The monoisotopic (exact) mass is 443 g/mol. The summed E-state index contributed by atoms with van der Waals surface area (Å²) in [6.07, 6.45) is 9.62. The highest BCUT2D eigenvalue weighted by Crippen LogP contribution is 2.38. The van der Waals surface area contributed by atoms with Crippen molar-refractivity contribution >= 4 is 17.1 Å². The minimum atomic E-state index is -0.951. The van der Waals surface area contributed by atoms with Crippen LogP contribution in [0.4, 0.5) is 17.1 Å². The van der Waals surface area contributed by atoms with Crippen LogP contribution in [0.5, 0.6) is 0 Å². The largest absolute Gasteiger partial charge is 0.383 e. The number of aryl methyl sites for hydroxylation is 2. The summed E-state index contributed by atoms with van der Waals surface area (Å²) in [5.41, 5.74) is 8.60. The zero-order chi connectivity index (χ0) is 22.6. The SMILES string of the molecule is COC(O)c1ccncc1NC[C@@H]1CCCc2cc(N3CCCCc4ccccc43)ccc21. The van der Waals surface area contributed by atoms with Gasteiger partial charge in [0.2, 0.25) is 0 Å². The van der Waals surface area contributed by atoms with Gasteiger partial charge in [-0.1, -0.05) is 24.3 Å². The number of hydrogen-bond donors (Lipinski definition) is 2. The van der Waals surface area contributed by atoms with Gasteiger partial charge in [0.25, 0.3) is 0 Å². The van der Waals surface area contributed by atoms with Crippen LogP contribution in [0.15, 0.2) is 60.9 Å². The number of aromatic nitrogens is 1. The van der Waals surface area contributed by atoms with Crippen molar-refractivity contribution < 1.29 is 9.84 Å². The second-order valence-electron chi connectivity index (χ2n) is 9.14. The third-order valence-electron chi connectivity index (χ3n) is 7.12. The molecule has 1 aliphatic carbocycles. The molecule has 0 radical (unpaired) electrons. The van der Waals surface area contributed by atoms with Gasteiger partial charge >= 0.3 is 0 Å². The van der Waals surface area contributed by atoms with Gasteiger partial charge in [0.05, 0.1) is 11.9 Å². The molecule has 0 amide bonds. The zero-order valence-electron chi connectivity index (χ0n) is 19.3. The molecule has 0 saturated heterocycles. The van der Waals surface area contributed by atoms with Crippen LogP contribution in [0.2, 0.25) is 0 Å². The lowest BCUT2D eigenvalue weighted by Crippen LogP contribution is -2.21. The predicted molar refractivity (Wildman–Crippen MR) is 133 cm³/mol. The van der Waals surface area contributed by atoms with E-state index < -0.39 is 6.29 Å². The Bertz CT molecular complexity index is 1100. The lowest BCUT2D eigenvalue weighted by molar-refractivity contribution is -0.0764. The maximum absolute atomic E-state index is 10.2. The van der Waals surface area contributed by atoms with Gasteiger partial charge in [-0.25, -0.2) is 0 Å². The molecule has 0 bridgehead atoms. The second kappa shape index (κ2) is 9.94. The number of nitrogens with one attached hydrogen (secondary N) is 1. The second-order valence-corrected chi connectivity index (χ2v) is 9.14. The van der Waals surface area contributed by atoms with Crippen LogP contribution < -0.4 is 10.2 Å². The number of aliphatic hydroxyl groups is 1. The van der Waals surface area contributed by atoms with Gasteiger partial charge in [-0.2, -0.15) is 0 Å². The first-order chi connectivity index (χ1) is 16.2. The van der Waals surface area contributed by atoms with Crippen molar-refractivity contribution in [2.45, 2.75) is 50.7 Å². The maximum atomic E-state index is 10.2. The molecule has 3 aromatic rings. The van der Waals surface area contributed by atoms with Crippen molar-refractivity contribution in [2.75, 3.05) is 30.4 Å². The fourth-order valence-electron chi connectivity index (χ4n) is 5.37. The normalized spacial score (nSPS) is 18.7. The molecular weight excluding hydrogens is 410 g/mol. The number of benzene rings is 2. The fourth-order valence-corrected chi connectivity index (χ4v) is 5.37. The third kappa shape index (κ3) is 4.61. The number of para-hydroxylation sites is 1. The summed E-state index contributed by atoms with van der Waals surface area (Å²) in [7, 11) is 1.51. The Labute approximate surface area is 196 Å². The number of anilines is 3. The molecule has 1 aromatic heterocycles. The first-order valence-electron chi connectivity index (χ1n) is 12.1. The molecule has 5 heteroatoms. The molecule has 2 N–H and O–H groups in total. The van der Waals surface area contributed by atoms with Gasteiger partial charge in [-0.3, -0.25) is 4.98 Å². The van der Waals surface area contributed by atoms with Gasteiger partial charge in [-0.05, 0) is 79.5 Å². The first kappa shape index (κ1) is 21.9. The van der Waals surface area contributed by atoms with Crippen molar-refractivity contribution in [2.24, 2.45) is 0 Å². The van der Waals surface area contributed by atoms with Crippen molar-refractivity contribution in [1.29, 1.82) is 0 Å². The van der Waals surface area contributed by atoms with E-state index in [1.54, 1.807) is 18.5 Å². The van der Waals surface area contributed by atoms with Gasteiger partial charge < -0.3 is 20.1 Å². The summed E-state index contributed by atoms with van der Waals surface area (Å²) < 4.78 is 5.11. The number of hydrogen-bond acceptors (Lipinski definition) is 5. The Morgan fingerprint density at radius 2 is 1.97 bits per heavy atom. The Balaban J connectivity index is 1.37. The number of rotatable bonds is 6. The van der Waals surface area contributed by atoms with E-state index in [9.17, 15) is 5.11 Å². The molecule has 5 nitrogen and oxygen atoms in total. The lowest BCUT2D eigenvalue weighted by atomic mass is 9.82. The number of ether oxygens (including phenoxy) is 1. The summed E-state index contributed by atoms with van der Waals surface area (Å²) in [4.78, 5) is 6.74. The van der Waals surface area contributed by atoms with Crippen LogP contribution >= 0.6 is 0 Å². The number of aliphatic hydroxyl groups excluding tert-OH is 1. The van der Waals surface area contributed by atoms with Crippen LogP contribution in [-0.4, -0.2) is 30.3 Å². The lowest BCUT2D eigenvalue weighted by Gasteiger charge is -2.30. The van der Waals surface area contributed by atoms with E-state index in [0.717, 1.165) is 37.2 Å². The third-order valence-corrected chi connectivity index (χ3v) is 7.12. The number of nitrogens with zero attached hydrogens (tertiary/aromatic N) is 2. The van der Waals surface area contributed by atoms with E-state index in [1.807, 2.05) is 0 Å². The number of fused-ring (bicyclic) bond motifs is 2. The van der Waals surface area contributed by atoms with Crippen LogP contribution in [0.1, 0.15) is 60.1 Å². The molecule has 1 aliphatic heterocycles. The molecule has 172 valence electrons. The molecule has 2 heterocycles. The van der Waals surface area contributed by atoms with Crippen LogP contribution in [-0.2, 0) is 17.6 Å². The van der Waals surface area contributed by atoms with Crippen LogP contribution in [0, 0.1) is 0 Å². The standard InChI is InChI=1S/C28H33N3O2/c1-33-28(32)25-14-15-29-19-26(25)30-18-22-10-6-9-21-17-23(12-13-24(21)22)31-16-5-4-8-20-7-2-3-11-27(20)31/h2-3,7,11-15,17,19,22,28,30,32H,4-6,8-10,16,18H2,1H3/t22-,28?/m0/s1. The minimum absolute atomic E-state index is 0.437. The number of pyridine rings is 1. The molecule has 0 saturated carbocycles. The molecular formula is C28H33N3O2. The Morgan fingerprint density at radius 1 is 1.09 bits per heavy atom. The minimum Gasteiger partial charge on any atom is -0.383 e. The fraction of sp³-hybridized carbons (Fsp3) is 0.393. The average Bonchev–Trinajstić information content (AvgIpc) is 3.09. The van der Waals surface area contributed by atoms with Gasteiger partial charge in [0.15, 0.2) is 6.29 Å². The van der Waals surface area contributed by atoms with Crippen molar-refractivity contribution in [3.8, 4) is 0 Å². The molecule has 2 aromatic carbocycles. The summed E-state index contributed by atoms with van der Waals surface area (Å²) in [6, 6.07) is 17.7. The topological polar surface area (TPSA) is 57.6 Å². The average molecular weight is 444 g/mol. The van der Waals surface area contributed by atoms with E-state index in [0.29, 0.717) is 5.92 Å². The molecule has 1 unspecified atom stereocenters. The molecule has 5 rings (SSSR count). The first-order valence-corrected chi connectivity index (χ1v) is 12.1. The highest BCUT2D eigenvalue weighted by Gasteiger charge is 2.23. The summed E-state index contributed by atoms with van der Waals surface area (Å²) in [5.74, 6) is 0.437. The molecule has 2 atom stereocenters. The van der Waals surface area contributed by atoms with Crippen molar-refractivity contribution in [1.82, 2.24) is 4.98 Å². The van der Waals surface area contributed by atoms with E-state index >= 15 is 0 Å². The van der Waals surface area contributed by atoms with Crippen molar-refractivity contribution in [3.63, 3.8) is 0 Å². The van der Waals surface area contributed by atoms with E-state index in [-0.39, 0.29) is 0 Å². The maximum Gasteiger partial charge on any atom is 0.182 e. The van der Waals surface area contributed by atoms with Gasteiger partial charge in [-0.15, -0.1) is 0 Å². The summed E-state index contributed by atoms with van der Waals surface area (Å²) in [5, 5.41) is 13.7. The number of methoxy groups -OCH3 is 1. The Hall–Kier alpha value is -2.89. The van der Waals surface area contributed by atoms with E-state index in [2.05, 4.69) is 57.7 Å². The van der Waals surface area contributed by atoms with Gasteiger partial charge in [0.1, 0.15) is 0 Å². The quantitative estimate of drug-likeness (QED) is 0.477. The van der Waals surface area contributed by atoms with Gasteiger partial charge in [0, 0.05) is 49.3 Å². The Morgan fingerprint density at radius 3 is 2.88 bits per heavy atom. The molecule has 33 heavy (non-hydrogen) atoms. The highest BCUT2D eigenvalue weighted by molar-refractivity contribution is 5.68. The summed E-state index contributed by atoms with van der Waals surface area (Å²) in [6.45, 7) is 1.89. The van der Waals surface area contributed by atoms with Crippen LogP contribution in [0.25, 0.3) is 0 Å². The molecule has 0 spiro atoms. The smallest absolute Gasteiger partial charge is 0.182 e. The summed E-state index contributed by atoms with van der Waals surface area (Å²) >= 11 is 0. The van der Waals surface area contributed by atoms with Crippen molar-refractivity contribution in [3.05, 3.63) is 83.2 Å². The van der Waals surface area contributed by atoms with Crippen LogP contribution in [0.3, 0.4) is 0 Å². The molecule has 2 aliphatic rings. The van der Waals surface area contributed by atoms with E-state index in [1.165, 1.54) is 60.9 Å². The predicted octanol–water partition coefficient (Wildman–Crippen LogP) is 5.73. The zero-order valence-corrected chi connectivity index (χ0v) is 19.3.